The maximum absolute atomic E-state index is 12.3. The minimum Gasteiger partial charge on any atom is -0.399 e. The van der Waals surface area contributed by atoms with E-state index < -0.39 is 0 Å². The minimum atomic E-state index is -0.250. The van der Waals surface area contributed by atoms with Gasteiger partial charge in [0.25, 0.3) is 5.91 Å². The quantitative estimate of drug-likeness (QED) is 0.623. The number of carbonyl (C=O) groups excluding carboxylic acids is 1. The lowest BCUT2D eigenvalue weighted by atomic mass is 10.1. The molecule has 2 heterocycles. The van der Waals surface area contributed by atoms with Gasteiger partial charge in [0, 0.05) is 28.4 Å². The second-order valence-corrected chi connectivity index (χ2v) is 4.68. The fraction of sp³-hybridized carbons (Fsp3) is 0.143. The van der Waals surface area contributed by atoms with Crippen molar-refractivity contribution in [2.24, 2.45) is 0 Å². The van der Waals surface area contributed by atoms with Gasteiger partial charge in [0.05, 0.1) is 11.3 Å². The predicted molar refractivity (Wildman–Crippen MR) is 76.6 cm³/mol. The van der Waals surface area contributed by atoms with Crippen LogP contribution in [-0.2, 0) is 0 Å². The third-order valence-corrected chi connectivity index (χ3v) is 3.33. The molecule has 0 bridgehead atoms. The standard InChI is InChI=1S/C14H14N4O2/c1-7-8(2)18-20-14(7)17-13(19)11-6-16-12-5-9(15)3-4-10(11)12/h3-6,16H,15H2,1-2H3,(H,17,19). The topological polar surface area (TPSA) is 96.9 Å². The molecule has 6 nitrogen and oxygen atoms in total. The lowest BCUT2D eigenvalue weighted by Gasteiger charge is -2.01. The van der Waals surface area contributed by atoms with Gasteiger partial charge < -0.3 is 15.2 Å². The van der Waals surface area contributed by atoms with Crippen LogP contribution in [0, 0.1) is 13.8 Å². The first-order valence-corrected chi connectivity index (χ1v) is 6.17. The predicted octanol–water partition coefficient (Wildman–Crippen LogP) is 2.61. The lowest BCUT2D eigenvalue weighted by Crippen LogP contribution is -2.11. The van der Waals surface area contributed by atoms with Crippen LogP contribution in [0.4, 0.5) is 11.6 Å². The van der Waals surface area contributed by atoms with Gasteiger partial charge in [-0.05, 0) is 32.0 Å². The van der Waals surface area contributed by atoms with E-state index in [9.17, 15) is 4.79 Å². The maximum atomic E-state index is 12.3. The van der Waals surface area contributed by atoms with Crippen molar-refractivity contribution in [1.29, 1.82) is 0 Å². The van der Waals surface area contributed by atoms with E-state index in [2.05, 4.69) is 15.5 Å². The molecule has 20 heavy (non-hydrogen) atoms. The highest BCUT2D eigenvalue weighted by molar-refractivity contribution is 6.12. The third-order valence-electron chi connectivity index (χ3n) is 3.33. The summed E-state index contributed by atoms with van der Waals surface area (Å²) in [5.74, 6) is 0.123. The van der Waals surface area contributed by atoms with Crippen molar-refractivity contribution in [3.63, 3.8) is 0 Å². The first kappa shape index (κ1) is 12.3. The molecule has 3 rings (SSSR count). The lowest BCUT2D eigenvalue weighted by molar-refractivity contribution is 0.102. The van der Waals surface area contributed by atoms with Crippen LogP contribution in [-0.4, -0.2) is 16.0 Å². The molecule has 0 aliphatic carbocycles. The number of carbonyl (C=O) groups is 1. The zero-order chi connectivity index (χ0) is 14.3. The van der Waals surface area contributed by atoms with Crippen molar-refractivity contribution in [1.82, 2.24) is 10.1 Å². The number of hydrogen-bond acceptors (Lipinski definition) is 4. The number of hydrogen-bond donors (Lipinski definition) is 3. The Morgan fingerprint density at radius 3 is 2.90 bits per heavy atom. The van der Waals surface area contributed by atoms with Gasteiger partial charge in [0.15, 0.2) is 0 Å². The molecule has 0 aliphatic heterocycles. The Balaban J connectivity index is 1.95. The molecule has 0 radical (unpaired) electrons. The highest BCUT2D eigenvalue weighted by Crippen LogP contribution is 2.23. The zero-order valence-electron chi connectivity index (χ0n) is 11.2. The Bertz CT molecular complexity index is 801. The van der Waals surface area contributed by atoms with Gasteiger partial charge in [-0.15, -0.1) is 0 Å². The minimum absolute atomic E-state index is 0.250. The molecule has 1 amide bonds. The summed E-state index contributed by atoms with van der Waals surface area (Å²) in [6, 6.07) is 5.36. The largest absolute Gasteiger partial charge is 0.399 e. The van der Waals surface area contributed by atoms with E-state index in [1.54, 1.807) is 18.3 Å². The van der Waals surface area contributed by atoms with Crippen molar-refractivity contribution in [2.75, 3.05) is 11.1 Å². The van der Waals surface area contributed by atoms with Gasteiger partial charge in [0.1, 0.15) is 0 Å². The fourth-order valence-corrected chi connectivity index (χ4v) is 2.03. The Morgan fingerprint density at radius 2 is 2.20 bits per heavy atom. The second-order valence-electron chi connectivity index (χ2n) is 4.68. The average molecular weight is 270 g/mol. The van der Waals surface area contributed by atoms with Crippen molar-refractivity contribution in [3.8, 4) is 0 Å². The number of nitrogens with two attached hydrogens (primary N) is 1. The molecule has 0 saturated carbocycles. The van der Waals surface area contributed by atoms with Gasteiger partial charge in [-0.3, -0.25) is 10.1 Å². The van der Waals surface area contributed by atoms with Crippen molar-refractivity contribution < 1.29 is 9.32 Å². The molecule has 102 valence electrons. The molecule has 3 aromatic rings. The number of rotatable bonds is 2. The monoisotopic (exact) mass is 270 g/mol. The molecule has 0 spiro atoms. The maximum Gasteiger partial charge on any atom is 0.260 e. The Labute approximate surface area is 114 Å². The van der Waals surface area contributed by atoms with Crippen LogP contribution in [0.15, 0.2) is 28.9 Å². The summed E-state index contributed by atoms with van der Waals surface area (Å²) in [4.78, 5) is 15.3. The third kappa shape index (κ3) is 1.91. The summed E-state index contributed by atoms with van der Waals surface area (Å²) in [7, 11) is 0. The molecule has 0 aliphatic rings. The molecule has 4 N–H and O–H groups in total. The van der Waals surface area contributed by atoms with Gasteiger partial charge >= 0.3 is 0 Å². The zero-order valence-corrected chi connectivity index (χ0v) is 11.2. The van der Waals surface area contributed by atoms with Gasteiger partial charge in [-0.2, -0.15) is 0 Å². The summed E-state index contributed by atoms with van der Waals surface area (Å²) in [5.41, 5.74) is 9.29. The number of aromatic nitrogens is 2. The summed E-state index contributed by atoms with van der Waals surface area (Å²) in [6.45, 7) is 3.67. The SMILES string of the molecule is Cc1noc(NC(=O)c2c[nH]c3cc(N)ccc23)c1C. The Kier molecular flexibility index (Phi) is 2.71. The molecule has 6 heteroatoms. The van der Waals surface area contributed by atoms with Crippen molar-refractivity contribution in [3.05, 3.63) is 41.2 Å². The summed E-state index contributed by atoms with van der Waals surface area (Å²) >= 11 is 0. The van der Waals surface area contributed by atoms with E-state index in [1.807, 2.05) is 19.9 Å². The van der Waals surface area contributed by atoms with E-state index in [0.29, 0.717) is 17.1 Å². The highest BCUT2D eigenvalue weighted by Gasteiger charge is 2.16. The van der Waals surface area contributed by atoms with Crippen LogP contribution in [0.5, 0.6) is 0 Å². The first-order valence-electron chi connectivity index (χ1n) is 6.17. The number of aryl methyl sites for hydroxylation is 1. The Morgan fingerprint density at radius 1 is 1.40 bits per heavy atom. The summed E-state index contributed by atoms with van der Waals surface area (Å²) < 4.78 is 5.08. The Hall–Kier alpha value is -2.76. The number of nitrogen functional groups attached to an aromatic ring is 1. The van der Waals surface area contributed by atoms with E-state index in [1.165, 1.54) is 0 Å². The molecule has 0 saturated heterocycles. The first-order chi connectivity index (χ1) is 9.56. The molecule has 0 fully saturated rings. The number of H-pyrrole nitrogens is 1. The van der Waals surface area contributed by atoms with E-state index in [0.717, 1.165) is 22.2 Å². The van der Waals surface area contributed by atoms with Crippen LogP contribution in [0.2, 0.25) is 0 Å². The number of fused-ring (bicyclic) bond motifs is 1. The molecule has 0 atom stereocenters. The van der Waals surface area contributed by atoms with E-state index in [4.69, 9.17) is 10.3 Å². The second kappa shape index (κ2) is 4.41. The van der Waals surface area contributed by atoms with E-state index in [-0.39, 0.29) is 5.91 Å². The normalized spacial score (nSPS) is 10.9. The van der Waals surface area contributed by atoms with E-state index >= 15 is 0 Å². The smallest absolute Gasteiger partial charge is 0.260 e. The van der Waals surface area contributed by atoms with Crippen molar-refractivity contribution >= 4 is 28.4 Å². The number of anilines is 2. The van der Waals surface area contributed by atoms with Crippen LogP contribution >= 0.6 is 0 Å². The highest BCUT2D eigenvalue weighted by atomic mass is 16.5. The van der Waals surface area contributed by atoms with Crippen LogP contribution in [0.25, 0.3) is 10.9 Å². The summed E-state index contributed by atoms with van der Waals surface area (Å²) in [5, 5.41) is 7.34. The number of amides is 1. The molecule has 2 aromatic heterocycles. The molecule has 0 unspecified atom stereocenters. The number of aromatic amines is 1. The molecular formula is C14H14N4O2. The van der Waals surface area contributed by atoms with Crippen molar-refractivity contribution in [2.45, 2.75) is 13.8 Å². The molecule has 1 aromatic carbocycles. The van der Waals surface area contributed by atoms with Crippen LogP contribution < -0.4 is 11.1 Å². The fourth-order valence-electron chi connectivity index (χ4n) is 2.03. The van der Waals surface area contributed by atoms with Crippen LogP contribution in [0.1, 0.15) is 21.6 Å². The van der Waals surface area contributed by atoms with Gasteiger partial charge in [0.2, 0.25) is 5.88 Å². The average Bonchev–Trinajstić information content (AvgIpc) is 2.96. The summed E-state index contributed by atoms with van der Waals surface area (Å²) in [6.07, 6.45) is 1.65. The number of benzene rings is 1. The number of nitrogens with zero attached hydrogens (tertiary/aromatic N) is 1. The van der Waals surface area contributed by atoms with Crippen LogP contribution in [0.3, 0.4) is 0 Å². The van der Waals surface area contributed by atoms with Gasteiger partial charge in [-0.1, -0.05) is 5.16 Å². The number of nitrogens with one attached hydrogen (secondary N) is 2. The molecular weight excluding hydrogens is 256 g/mol. The van der Waals surface area contributed by atoms with Gasteiger partial charge in [-0.25, -0.2) is 0 Å².